The van der Waals surface area contributed by atoms with Crippen molar-refractivity contribution < 1.29 is 12.6 Å². The van der Waals surface area contributed by atoms with Crippen LogP contribution >= 0.6 is 22.9 Å². The third-order valence-corrected chi connectivity index (χ3v) is 2.60. The molecule has 1 aromatic heterocycles. The van der Waals surface area contributed by atoms with Crippen molar-refractivity contribution in [3.63, 3.8) is 0 Å². The average Bonchev–Trinajstić information content (AvgIpc) is 2.30. The molecule has 0 aliphatic rings. The number of hydrogen-bond donors (Lipinski definition) is 1. The highest BCUT2D eigenvalue weighted by Crippen LogP contribution is 2.20. The van der Waals surface area contributed by atoms with E-state index in [-0.39, 0.29) is 6.61 Å². The van der Waals surface area contributed by atoms with Crippen molar-refractivity contribution in [3.05, 3.63) is 21.3 Å². The Morgan fingerprint density at radius 1 is 1.67 bits per heavy atom. The fourth-order valence-corrected chi connectivity index (χ4v) is 1.77. The van der Waals surface area contributed by atoms with Gasteiger partial charge in [-0.25, -0.2) is 5.14 Å². The second-order valence-corrected chi connectivity index (χ2v) is 4.78. The number of thiophene rings is 1. The van der Waals surface area contributed by atoms with Gasteiger partial charge in [-0.2, -0.15) is 8.42 Å². The Bertz CT molecular complexity index is 359. The van der Waals surface area contributed by atoms with Crippen molar-refractivity contribution in [2.75, 3.05) is 0 Å². The summed E-state index contributed by atoms with van der Waals surface area (Å²) in [6, 6.07) is 1.62. The summed E-state index contributed by atoms with van der Waals surface area (Å²) in [6.45, 7) is -0.0674. The lowest BCUT2D eigenvalue weighted by Crippen LogP contribution is -2.15. The minimum absolute atomic E-state index is 0.0674. The van der Waals surface area contributed by atoms with Gasteiger partial charge in [0.25, 0.3) is 0 Å². The minimum atomic E-state index is -3.85. The Labute approximate surface area is 79.2 Å². The van der Waals surface area contributed by atoms with Crippen molar-refractivity contribution in [2.45, 2.75) is 6.61 Å². The lowest BCUT2D eigenvalue weighted by Gasteiger charge is -1.96. The zero-order valence-corrected chi connectivity index (χ0v) is 8.25. The first-order chi connectivity index (χ1) is 5.47. The molecule has 0 aliphatic carbocycles. The highest BCUT2D eigenvalue weighted by atomic mass is 35.5. The van der Waals surface area contributed by atoms with Crippen LogP contribution in [0.4, 0.5) is 0 Å². The number of rotatable bonds is 3. The molecule has 0 spiro atoms. The zero-order valence-electron chi connectivity index (χ0n) is 5.86. The molecule has 0 aliphatic heterocycles. The summed E-state index contributed by atoms with van der Waals surface area (Å²) in [5.41, 5.74) is 0.694. The van der Waals surface area contributed by atoms with Crippen molar-refractivity contribution in [1.29, 1.82) is 0 Å². The molecule has 1 heterocycles. The molecular weight excluding hydrogens is 222 g/mol. The summed E-state index contributed by atoms with van der Waals surface area (Å²) in [5, 5.41) is 6.31. The van der Waals surface area contributed by atoms with Gasteiger partial charge in [-0.05, 0) is 17.0 Å². The van der Waals surface area contributed by atoms with Crippen LogP contribution in [-0.4, -0.2) is 8.42 Å². The summed E-state index contributed by atoms with van der Waals surface area (Å²) >= 11 is 6.90. The van der Waals surface area contributed by atoms with E-state index >= 15 is 0 Å². The van der Waals surface area contributed by atoms with Crippen LogP contribution in [0.1, 0.15) is 5.56 Å². The van der Waals surface area contributed by atoms with E-state index in [1.165, 1.54) is 11.3 Å². The zero-order chi connectivity index (χ0) is 9.19. The molecule has 12 heavy (non-hydrogen) atoms. The summed E-state index contributed by atoms with van der Waals surface area (Å²) < 4.78 is 25.6. The average molecular weight is 228 g/mol. The Kier molecular flexibility index (Phi) is 3.08. The fourth-order valence-electron chi connectivity index (χ4n) is 0.572. The van der Waals surface area contributed by atoms with E-state index in [2.05, 4.69) is 9.32 Å². The van der Waals surface area contributed by atoms with Crippen LogP contribution in [0.2, 0.25) is 4.34 Å². The summed E-state index contributed by atoms with van der Waals surface area (Å²) in [5.74, 6) is 0. The standard InChI is InChI=1S/C5H6ClNO3S2/c6-5-1-4(3-11-5)2-10-12(7,8)9/h1,3H,2H2,(H2,7,8,9). The van der Waals surface area contributed by atoms with E-state index in [9.17, 15) is 8.42 Å². The van der Waals surface area contributed by atoms with Crippen molar-refractivity contribution in [3.8, 4) is 0 Å². The monoisotopic (exact) mass is 227 g/mol. The maximum Gasteiger partial charge on any atom is 0.333 e. The third kappa shape index (κ3) is 3.51. The molecule has 0 aromatic carbocycles. The molecule has 4 nitrogen and oxygen atoms in total. The molecule has 68 valence electrons. The van der Waals surface area contributed by atoms with E-state index < -0.39 is 10.3 Å². The van der Waals surface area contributed by atoms with Gasteiger partial charge in [0.2, 0.25) is 0 Å². The molecule has 2 N–H and O–H groups in total. The van der Waals surface area contributed by atoms with Crippen molar-refractivity contribution >= 4 is 33.2 Å². The van der Waals surface area contributed by atoms with E-state index in [4.69, 9.17) is 11.6 Å². The molecule has 0 saturated carbocycles. The molecule has 0 bridgehead atoms. The second-order valence-electron chi connectivity index (χ2n) is 2.01. The molecule has 0 unspecified atom stereocenters. The Balaban J connectivity index is 2.55. The van der Waals surface area contributed by atoms with Gasteiger partial charge < -0.3 is 0 Å². The first-order valence-electron chi connectivity index (χ1n) is 2.87. The Morgan fingerprint density at radius 3 is 2.75 bits per heavy atom. The largest absolute Gasteiger partial charge is 0.333 e. The maximum atomic E-state index is 10.3. The van der Waals surface area contributed by atoms with Gasteiger partial charge in [0.15, 0.2) is 0 Å². The molecular formula is C5H6ClNO3S2. The number of halogens is 1. The van der Waals surface area contributed by atoms with Gasteiger partial charge >= 0.3 is 10.3 Å². The molecule has 0 saturated heterocycles. The SMILES string of the molecule is NS(=O)(=O)OCc1csc(Cl)c1. The molecule has 0 radical (unpaired) electrons. The van der Waals surface area contributed by atoms with E-state index in [0.29, 0.717) is 9.90 Å². The summed E-state index contributed by atoms with van der Waals surface area (Å²) in [6.07, 6.45) is 0. The van der Waals surface area contributed by atoms with Gasteiger partial charge in [0.05, 0.1) is 10.9 Å². The topological polar surface area (TPSA) is 69.4 Å². The highest BCUT2D eigenvalue weighted by Gasteiger charge is 2.04. The first kappa shape index (κ1) is 9.94. The van der Waals surface area contributed by atoms with Crippen LogP contribution < -0.4 is 5.14 Å². The van der Waals surface area contributed by atoms with E-state index in [0.717, 1.165) is 0 Å². The van der Waals surface area contributed by atoms with E-state index in [1.807, 2.05) is 0 Å². The second kappa shape index (κ2) is 3.71. The molecule has 0 fully saturated rings. The van der Waals surface area contributed by atoms with Crippen LogP contribution in [0.3, 0.4) is 0 Å². The quantitative estimate of drug-likeness (QED) is 0.842. The molecule has 1 aromatic rings. The van der Waals surface area contributed by atoms with Gasteiger partial charge in [0, 0.05) is 0 Å². The predicted molar refractivity (Wildman–Crippen MR) is 47.2 cm³/mol. The highest BCUT2D eigenvalue weighted by molar-refractivity contribution is 7.84. The van der Waals surface area contributed by atoms with Gasteiger partial charge in [-0.15, -0.1) is 11.3 Å². The van der Waals surface area contributed by atoms with Crippen molar-refractivity contribution in [1.82, 2.24) is 0 Å². The summed E-state index contributed by atoms with van der Waals surface area (Å²) in [4.78, 5) is 0. The molecule has 7 heteroatoms. The van der Waals surface area contributed by atoms with Gasteiger partial charge in [0.1, 0.15) is 0 Å². The van der Waals surface area contributed by atoms with Crippen LogP contribution in [-0.2, 0) is 21.1 Å². The van der Waals surface area contributed by atoms with Gasteiger partial charge in [-0.3, -0.25) is 4.18 Å². The van der Waals surface area contributed by atoms with Crippen LogP contribution in [0.5, 0.6) is 0 Å². The lowest BCUT2D eigenvalue weighted by molar-refractivity contribution is 0.309. The molecule has 0 atom stereocenters. The van der Waals surface area contributed by atoms with Crippen LogP contribution in [0.25, 0.3) is 0 Å². The Morgan fingerprint density at radius 2 is 2.33 bits per heavy atom. The molecule has 1 rings (SSSR count). The maximum absolute atomic E-state index is 10.3. The predicted octanol–water partition coefficient (Wildman–Crippen LogP) is 1.12. The van der Waals surface area contributed by atoms with Crippen LogP contribution in [0, 0.1) is 0 Å². The lowest BCUT2D eigenvalue weighted by atomic mass is 10.4. The number of hydrogen-bond acceptors (Lipinski definition) is 4. The molecule has 0 amide bonds. The number of nitrogens with two attached hydrogens (primary N) is 1. The van der Waals surface area contributed by atoms with Crippen LogP contribution in [0.15, 0.2) is 11.4 Å². The third-order valence-electron chi connectivity index (χ3n) is 1.01. The Hall–Kier alpha value is -0.140. The first-order valence-corrected chi connectivity index (χ1v) is 5.60. The smallest absolute Gasteiger partial charge is 0.253 e. The normalized spacial score (nSPS) is 11.8. The van der Waals surface area contributed by atoms with Crippen molar-refractivity contribution in [2.24, 2.45) is 5.14 Å². The minimum Gasteiger partial charge on any atom is -0.253 e. The van der Waals surface area contributed by atoms with E-state index in [1.54, 1.807) is 11.4 Å². The van der Waals surface area contributed by atoms with Gasteiger partial charge in [-0.1, -0.05) is 11.6 Å². The summed E-state index contributed by atoms with van der Waals surface area (Å²) in [7, 11) is -3.85. The fraction of sp³-hybridized carbons (Fsp3) is 0.200.